The van der Waals surface area contributed by atoms with Crippen LogP contribution in [0.5, 0.6) is 0 Å². The van der Waals surface area contributed by atoms with Gasteiger partial charge in [-0.05, 0) is 43.5 Å². The molecule has 0 aliphatic rings. The molecule has 2 amide bonds. The second kappa shape index (κ2) is 9.32. The fourth-order valence-corrected chi connectivity index (χ4v) is 4.14. The molecule has 2 aromatic heterocycles. The molecule has 0 fully saturated rings. The number of anilines is 1. The Balaban J connectivity index is 1.41. The highest BCUT2D eigenvalue weighted by atomic mass is 32.1. The number of aryl methyl sites for hydroxylation is 2. The van der Waals surface area contributed by atoms with Crippen LogP contribution in [0.25, 0.3) is 22.2 Å². The van der Waals surface area contributed by atoms with E-state index < -0.39 is 5.91 Å². The molecule has 4 rings (SSSR count). The molecule has 4 aromatic rings. The molecule has 0 aliphatic heterocycles. The summed E-state index contributed by atoms with van der Waals surface area (Å²) >= 11 is 1.32. The summed E-state index contributed by atoms with van der Waals surface area (Å²) in [7, 11) is 0. The molecule has 0 bridgehead atoms. The topological polar surface area (TPSA) is 84.2 Å². The number of halogens is 1. The summed E-state index contributed by atoms with van der Waals surface area (Å²) in [4.78, 5) is 28.1. The number of amides is 2. The van der Waals surface area contributed by atoms with Crippen molar-refractivity contribution in [2.75, 3.05) is 11.9 Å². The van der Waals surface area contributed by atoms with Gasteiger partial charge in [-0.15, -0.1) is 11.3 Å². The number of furan rings is 1. The van der Waals surface area contributed by atoms with Crippen molar-refractivity contribution in [3.63, 3.8) is 0 Å². The highest BCUT2D eigenvalue weighted by molar-refractivity contribution is 7.14. The molecule has 6 nitrogen and oxygen atoms in total. The molecular weight excluding hydrogens is 429 g/mol. The number of hydrogen-bond donors (Lipinski definition) is 2. The van der Waals surface area contributed by atoms with Gasteiger partial charge in [-0.1, -0.05) is 24.3 Å². The van der Waals surface area contributed by atoms with Crippen molar-refractivity contribution in [2.45, 2.75) is 26.7 Å². The number of benzene rings is 2. The molecule has 0 aliphatic carbocycles. The number of nitrogens with zero attached hydrogens (tertiary/aromatic N) is 1. The quantitative estimate of drug-likeness (QED) is 0.372. The highest BCUT2D eigenvalue weighted by Crippen LogP contribution is 2.29. The Hall–Kier alpha value is -3.52. The number of fused-ring (bicyclic) bond motifs is 1. The summed E-state index contributed by atoms with van der Waals surface area (Å²) in [5.74, 6) is -0.673. The van der Waals surface area contributed by atoms with Crippen LogP contribution >= 0.6 is 11.3 Å². The Bertz CT molecular complexity index is 1280. The van der Waals surface area contributed by atoms with Gasteiger partial charge in [0.15, 0.2) is 10.9 Å². The summed E-state index contributed by atoms with van der Waals surface area (Å²) < 4.78 is 19.1. The summed E-state index contributed by atoms with van der Waals surface area (Å²) in [6.07, 6.45) is 1.75. The predicted octanol–water partition coefficient (Wildman–Crippen LogP) is 5.32. The fraction of sp³-hybridized carbons (Fsp3) is 0.208. The van der Waals surface area contributed by atoms with Gasteiger partial charge in [0.2, 0.25) is 5.91 Å². The van der Waals surface area contributed by atoms with E-state index in [0.717, 1.165) is 24.1 Å². The van der Waals surface area contributed by atoms with Crippen LogP contribution in [0, 0.1) is 12.7 Å². The number of carbonyl (C=O) groups is 2. The zero-order chi connectivity index (χ0) is 22.7. The molecular formula is C24H22FN3O3S. The lowest BCUT2D eigenvalue weighted by molar-refractivity contribution is -0.118. The van der Waals surface area contributed by atoms with Gasteiger partial charge in [-0.3, -0.25) is 14.9 Å². The lowest BCUT2D eigenvalue weighted by atomic mass is 10.1. The molecule has 0 radical (unpaired) electrons. The average Bonchev–Trinajstić information content (AvgIpc) is 3.36. The molecule has 0 spiro atoms. The zero-order valence-corrected chi connectivity index (χ0v) is 18.5. The zero-order valence-electron chi connectivity index (χ0n) is 17.7. The SMILES string of the molecule is CC(=O)NCCCc1ccc(-c2csc(NC(=O)c3oc4ccc(F)cc4c3C)n2)cc1. The lowest BCUT2D eigenvalue weighted by Crippen LogP contribution is -2.21. The summed E-state index contributed by atoms with van der Waals surface area (Å²) in [6.45, 7) is 3.90. The third-order valence-electron chi connectivity index (χ3n) is 5.09. The maximum absolute atomic E-state index is 13.5. The van der Waals surface area contributed by atoms with Crippen molar-refractivity contribution < 1.29 is 18.4 Å². The minimum atomic E-state index is -0.422. The number of hydrogen-bond acceptors (Lipinski definition) is 5. The van der Waals surface area contributed by atoms with Crippen LogP contribution in [0.1, 0.15) is 35.0 Å². The van der Waals surface area contributed by atoms with E-state index in [9.17, 15) is 14.0 Å². The van der Waals surface area contributed by atoms with Crippen molar-refractivity contribution >= 4 is 39.3 Å². The Labute approximate surface area is 188 Å². The number of aromatic nitrogens is 1. The van der Waals surface area contributed by atoms with Gasteiger partial charge in [-0.2, -0.15) is 0 Å². The van der Waals surface area contributed by atoms with E-state index in [1.807, 2.05) is 29.6 Å². The van der Waals surface area contributed by atoms with Crippen molar-refractivity contribution in [3.05, 3.63) is 70.5 Å². The maximum Gasteiger partial charge on any atom is 0.293 e. The first kappa shape index (κ1) is 21.7. The summed E-state index contributed by atoms with van der Waals surface area (Å²) in [5, 5.41) is 8.46. The van der Waals surface area contributed by atoms with Crippen LogP contribution in [-0.2, 0) is 11.2 Å². The van der Waals surface area contributed by atoms with Crippen LogP contribution in [0.4, 0.5) is 9.52 Å². The van der Waals surface area contributed by atoms with E-state index in [1.165, 1.54) is 42.0 Å². The molecule has 32 heavy (non-hydrogen) atoms. The molecule has 0 saturated carbocycles. The Morgan fingerprint density at radius 3 is 2.69 bits per heavy atom. The predicted molar refractivity (Wildman–Crippen MR) is 123 cm³/mol. The van der Waals surface area contributed by atoms with E-state index in [-0.39, 0.29) is 17.5 Å². The molecule has 2 aromatic carbocycles. The van der Waals surface area contributed by atoms with Gasteiger partial charge >= 0.3 is 0 Å². The van der Waals surface area contributed by atoms with Gasteiger partial charge in [0.1, 0.15) is 11.4 Å². The first-order valence-electron chi connectivity index (χ1n) is 10.2. The third-order valence-corrected chi connectivity index (χ3v) is 5.85. The van der Waals surface area contributed by atoms with Crippen LogP contribution in [0.15, 0.2) is 52.3 Å². The molecule has 0 unspecified atom stereocenters. The van der Waals surface area contributed by atoms with Gasteiger partial charge in [0, 0.05) is 35.4 Å². The normalized spacial score (nSPS) is 11.0. The molecule has 164 valence electrons. The minimum Gasteiger partial charge on any atom is -0.451 e. The summed E-state index contributed by atoms with van der Waals surface area (Å²) in [6, 6.07) is 12.2. The molecule has 8 heteroatoms. The van der Waals surface area contributed by atoms with Crippen molar-refractivity contribution in [1.29, 1.82) is 0 Å². The second-order valence-electron chi connectivity index (χ2n) is 7.47. The highest BCUT2D eigenvalue weighted by Gasteiger charge is 2.19. The molecule has 0 saturated heterocycles. The smallest absolute Gasteiger partial charge is 0.293 e. The molecule has 2 heterocycles. The number of carbonyl (C=O) groups excluding carboxylic acids is 2. The van der Waals surface area contributed by atoms with Gasteiger partial charge < -0.3 is 9.73 Å². The number of nitrogens with one attached hydrogen (secondary N) is 2. The minimum absolute atomic E-state index is 0.0174. The lowest BCUT2D eigenvalue weighted by Gasteiger charge is -2.04. The third kappa shape index (κ3) is 4.86. The van der Waals surface area contributed by atoms with E-state index >= 15 is 0 Å². The Kier molecular flexibility index (Phi) is 6.32. The van der Waals surface area contributed by atoms with Crippen molar-refractivity contribution in [3.8, 4) is 11.3 Å². The standard InChI is InChI=1S/C24H22FN3O3S/c1-14-19-12-18(25)9-10-21(19)31-22(14)23(30)28-24-27-20(13-32-24)17-7-5-16(6-8-17)4-3-11-26-15(2)29/h5-10,12-13H,3-4,11H2,1-2H3,(H,26,29)(H,27,28,30). The Morgan fingerprint density at radius 1 is 1.16 bits per heavy atom. The van der Waals surface area contributed by atoms with Gasteiger partial charge in [-0.25, -0.2) is 9.37 Å². The number of thiazole rings is 1. The maximum atomic E-state index is 13.5. The molecule has 0 atom stereocenters. The first-order valence-corrected chi connectivity index (χ1v) is 11.1. The van der Waals surface area contributed by atoms with Crippen molar-refractivity contribution in [2.24, 2.45) is 0 Å². The number of rotatable bonds is 7. The Morgan fingerprint density at radius 2 is 1.94 bits per heavy atom. The van der Waals surface area contributed by atoms with Crippen LogP contribution in [-0.4, -0.2) is 23.3 Å². The van der Waals surface area contributed by atoms with Crippen LogP contribution in [0.2, 0.25) is 0 Å². The second-order valence-corrected chi connectivity index (χ2v) is 8.33. The van der Waals surface area contributed by atoms with E-state index in [2.05, 4.69) is 15.6 Å². The average molecular weight is 452 g/mol. The fourth-order valence-electron chi connectivity index (χ4n) is 3.43. The van der Waals surface area contributed by atoms with Crippen molar-refractivity contribution in [1.82, 2.24) is 10.3 Å². The van der Waals surface area contributed by atoms with Gasteiger partial charge in [0.05, 0.1) is 5.69 Å². The van der Waals surface area contributed by atoms with E-state index in [4.69, 9.17) is 4.42 Å². The summed E-state index contributed by atoms with van der Waals surface area (Å²) in [5.41, 5.74) is 3.94. The van der Waals surface area contributed by atoms with E-state index in [1.54, 1.807) is 6.92 Å². The van der Waals surface area contributed by atoms with E-state index in [0.29, 0.717) is 28.2 Å². The first-order chi connectivity index (χ1) is 15.4. The van der Waals surface area contributed by atoms with Crippen LogP contribution in [0.3, 0.4) is 0 Å². The van der Waals surface area contributed by atoms with Gasteiger partial charge in [0.25, 0.3) is 5.91 Å². The largest absolute Gasteiger partial charge is 0.451 e. The van der Waals surface area contributed by atoms with Crippen LogP contribution < -0.4 is 10.6 Å². The molecule has 2 N–H and O–H groups in total. The monoisotopic (exact) mass is 451 g/mol.